The van der Waals surface area contributed by atoms with Crippen LogP contribution >= 0.6 is 0 Å². The van der Waals surface area contributed by atoms with Gasteiger partial charge in [-0.3, -0.25) is 0 Å². The Kier molecular flexibility index (Phi) is 1.69. The summed E-state index contributed by atoms with van der Waals surface area (Å²) >= 11 is 0. The van der Waals surface area contributed by atoms with Gasteiger partial charge in [0.05, 0.1) is 0 Å². The Morgan fingerprint density at radius 1 is 1.30 bits per heavy atom. The van der Waals surface area contributed by atoms with Crippen molar-refractivity contribution in [2.75, 3.05) is 13.1 Å². The Balaban J connectivity index is 1.98. The summed E-state index contributed by atoms with van der Waals surface area (Å²) in [6.45, 7) is 2.53. The third kappa shape index (κ3) is 1.07. The fraction of sp³-hybridized carbons (Fsp3) is 0.889. The first-order chi connectivity index (χ1) is 4.91. The molecule has 1 heterocycles. The van der Waals surface area contributed by atoms with Gasteiger partial charge in [0, 0.05) is 6.54 Å². The largest absolute Gasteiger partial charge is 0.316 e. The average Bonchev–Trinajstić information content (AvgIpc) is 2.39. The highest BCUT2D eigenvalue weighted by Gasteiger charge is 2.34. The lowest BCUT2D eigenvalue weighted by molar-refractivity contribution is 0.221. The monoisotopic (exact) mass is 138 g/mol. The third-order valence-electron chi connectivity index (χ3n) is 3.02. The van der Waals surface area contributed by atoms with Gasteiger partial charge in [0.2, 0.25) is 0 Å². The van der Waals surface area contributed by atoms with Crippen LogP contribution in [0.1, 0.15) is 32.1 Å². The van der Waals surface area contributed by atoms with Crippen molar-refractivity contribution in [3.05, 3.63) is 6.42 Å². The van der Waals surface area contributed by atoms with E-state index in [9.17, 15) is 0 Å². The van der Waals surface area contributed by atoms with Crippen molar-refractivity contribution in [2.45, 2.75) is 32.1 Å². The van der Waals surface area contributed by atoms with Crippen LogP contribution in [-0.2, 0) is 0 Å². The molecule has 0 aromatic rings. The molecule has 1 spiro atoms. The minimum absolute atomic E-state index is 0.707. The Bertz CT molecular complexity index is 106. The van der Waals surface area contributed by atoms with Gasteiger partial charge in [-0.1, -0.05) is 0 Å². The van der Waals surface area contributed by atoms with Crippen molar-refractivity contribution in [2.24, 2.45) is 5.41 Å². The maximum atomic E-state index is 3.50. The Morgan fingerprint density at radius 3 is 2.90 bits per heavy atom. The van der Waals surface area contributed by atoms with Crippen LogP contribution in [0.4, 0.5) is 0 Å². The number of hydrogen-bond donors (Lipinski definition) is 1. The zero-order valence-corrected chi connectivity index (χ0v) is 6.53. The molecule has 57 valence electrons. The van der Waals surface area contributed by atoms with Crippen molar-refractivity contribution in [3.8, 4) is 0 Å². The van der Waals surface area contributed by atoms with Crippen LogP contribution in [0.2, 0.25) is 0 Å². The lowest BCUT2D eigenvalue weighted by Crippen LogP contribution is -2.37. The number of rotatable bonds is 0. The maximum absolute atomic E-state index is 3.50. The fourth-order valence-electron chi connectivity index (χ4n) is 2.34. The number of piperidine rings is 1. The van der Waals surface area contributed by atoms with Crippen molar-refractivity contribution < 1.29 is 0 Å². The molecule has 2 rings (SSSR count). The second-order valence-electron chi connectivity index (χ2n) is 3.81. The molecular weight excluding hydrogens is 122 g/mol. The molecule has 1 N–H and O–H groups in total. The first-order valence-electron chi connectivity index (χ1n) is 4.44. The van der Waals surface area contributed by atoms with Crippen LogP contribution in [0.15, 0.2) is 0 Å². The van der Waals surface area contributed by atoms with E-state index in [1.807, 2.05) is 0 Å². The highest BCUT2D eigenvalue weighted by Crippen LogP contribution is 2.41. The zero-order valence-electron chi connectivity index (χ0n) is 6.53. The predicted octanol–water partition coefficient (Wildman–Crippen LogP) is 1.74. The summed E-state index contributed by atoms with van der Waals surface area (Å²) in [5, 5.41) is 3.50. The normalized spacial score (nSPS) is 31.2. The van der Waals surface area contributed by atoms with Gasteiger partial charge in [-0.25, -0.2) is 0 Å². The van der Waals surface area contributed by atoms with Crippen LogP contribution in [0, 0.1) is 11.8 Å². The number of hydrogen-bond acceptors (Lipinski definition) is 1. The van der Waals surface area contributed by atoms with Crippen LogP contribution in [0.3, 0.4) is 0 Å². The molecule has 1 radical (unpaired) electrons. The molecule has 1 aliphatic carbocycles. The van der Waals surface area contributed by atoms with E-state index in [-0.39, 0.29) is 0 Å². The molecule has 1 aliphatic heterocycles. The lowest BCUT2D eigenvalue weighted by Gasteiger charge is -2.33. The van der Waals surface area contributed by atoms with Crippen molar-refractivity contribution in [3.63, 3.8) is 0 Å². The predicted molar refractivity (Wildman–Crippen MR) is 42.7 cm³/mol. The van der Waals surface area contributed by atoms with Gasteiger partial charge < -0.3 is 5.32 Å². The maximum Gasteiger partial charge on any atom is 0.000792 e. The van der Waals surface area contributed by atoms with Gasteiger partial charge in [0.1, 0.15) is 0 Å². The van der Waals surface area contributed by atoms with Gasteiger partial charge in [-0.15, -0.1) is 0 Å². The number of nitrogens with one attached hydrogen (secondary N) is 1. The molecule has 1 saturated carbocycles. The molecular formula is C9H16N. The van der Waals surface area contributed by atoms with E-state index in [0.717, 1.165) is 0 Å². The molecule has 1 atom stereocenters. The van der Waals surface area contributed by atoms with Crippen LogP contribution < -0.4 is 5.32 Å². The smallest absolute Gasteiger partial charge is 0.000792 e. The molecule has 2 aliphatic rings. The summed E-state index contributed by atoms with van der Waals surface area (Å²) in [7, 11) is 0. The lowest BCUT2D eigenvalue weighted by atomic mass is 9.79. The van der Waals surface area contributed by atoms with E-state index in [0.29, 0.717) is 5.41 Å². The van der Waals surface area contributed by atoms with Gasteiger partial charge in [0.15, 0.2) is 0 Å². The van der Waals surface area contributed by atoms with Gasteiger partial charge in [-0.05, 0) is 50.5 Å². The summed E-state index contributed by atoms with van der Waals surface area (Å²) in [5.41, 5.74) is 0.707. The molecule has 1 unspecified atom stereocenters. The van der Waals surface area contributed by atoms with E-state index in [1.54, 1.807) is 0 Å². The fourth-order valence-corrected chi connectivity index (χ4v) is 2.34. The highest BCUT2D eigenvalue weighted by molar-refractivity contribution is 4.96. The molecule has 1 nitrogen and oxygen atoms in total. The summed E-state index contributed by atoms with van der Waals surface area (Å²) in [5.74, 6) is 0. The minimum atomic E-state index is 0.707. The highest BCUT2D eigenvalue weighted by atomic mass is 14.9. The van der Waals surface area contributed by atoms with E-state index >= 15 is 0 Å². The van der Waals surface area contributed by atoms with Crippen molar-refractivity contribution in [1.29, 1.82) is 0 Å². The second kappa shape index (κ2) is 2.54. The first-order valence-corrected chi connectivity index (χ1v) is 4.44. The minimum Gasteiger partial charge on any atom is -0.316 e. The second-order valence-corrected chi connectivity index (χ2v) is 3.81. The van der Waals surface area contributed by atoms with Crippen LogP contribution in [-0.4, -0.2) is 13.1 Å². The summed E-state index contributed by atoms with van der Waals surface area (Å²) in [6.07, 6.45) is 9.51. The SMILES string of the molecule is [CH]1CCC2(C1)CCCNC2. The quantitative estimate of drug-likeness (QED) is 0.537. The Hall–Kier alpha value is -0.0400. The van der Waals surface area contributed by atoms with Gasteiger partial charge >= 0.3 is 0 Å². The first kappa shape index (κ1) is 6.66. The molecule has 0 aromatic heterocycles. The van der Waals surface area contributed by atoms with E-state index < -0.39 is 0 Å². The average molecular weight is 138 g/mol. The van der Waals surface area contributed by atoms with E-state index in [2.05, 4.69) is 11.7 Å². The molecule has 1 heteroatoms. The third-order valence-corrected chi connectivity index (χ3v) is 3.02. The Morgan fingerprint density at radius 2 is 2.30 bits per heavy atom. The summed E-state index contributed by atoms with van der Waals surface area (Å²) in [4.78, 5) is 0. The van der Waals surface area contributed by atoms with Gasteiger partial charge in [-0.2, -0.15) is 0 Å². The molecule has 0 amide bonds. The topological polar surface area (TPSA) is 12.0 Å². The molecule has 0 bridgehead atoms. The van der Waals surface area contributed by atoms with E-state index in [4.69, 9.17) is 0 Å². The summed E-state index contributed by atoms with van der Waals surface area (Å²) < 4.78 is 0. The molecule has 2 fully saturated rings. The van der Waals surface area contributed by atoms with Crippen molar-refractivity contribution >= 4 is 0 Å². The molecule has 1 saturated heterocycles. The van der Waals surface area contributed by atoms with Crippen molar-refractivity contribution in [1.82, 2.24) is 5.32 Å². The Labute approximate surface area is 63.2 Å². The zero-order chi connectivity index (χ0) is 6.86. The van der Waals surface area contributed by atoms with E-state index in [1.165, 1.54) is 45.2 Å². The standard InChI is InChI=1S/C9H16N/c1-2-5-9(4-1)6-3-7-10-8-9/h1,10H,2-8H2. The molecule has 0 aromatic carbocycles. The summed E-state index contributed by atoms with van der Waals surface area (Å²) in [6, 6.07) is 0. The molecule has 10 heavy (non-hydrogen) atoms. The van der Waals surface area contributed by atoms with Crippen LogP contribution in [0.5, 0.6) is 0 Å². The van der Waals surface area contributed by atoms with Crippen LogP contribution in [0.25, 0.3) is 0 Å². The van der Waals surface area contributed by atoms with Gasteiger partial charge in [0.25, 0.3) is 0 Å².